The van der Waals surface area contributed by atoms with Crippen molar-refractivity contribution in [3.8, 4) is 11.8 Å². The molecule has 2 heterocycles. The predicted molar refractivity (Wildman–Crippen MR) is 113 cm³/mol. The monoisotopic (exact) mass is 479 g/mol. The van der Waals surface area contributed by atoms with Crippen LogP contribution in [-0.4, -0.2) is 27.9 Å². The van der Waals surface area contributed by atoms with Crippen LogP contribution >= 0.6 is 22.9 Å². The molecule has 0 unspecified atom stereocenters. The zero-order valence-corrected chi connectivity index (χ0v) is 17.6. The van der Waals surface area contributed by atoms with Crippen LogP contribution in [0.1, 0.15) is 36.7 Å². The van der Waals surface area contributed by atoms with E-state index in [1.54, 1.807) is 12.1 Å². The Hall–Kier alpha value is -3.35. The minimum atomic E-state index is -2.86. The number of rotatable bonds is 6. The lowest BCUT2D eigenvalue weighted by Crippen LogP contribution is -2.26. The van der Waals surface area contributed by atoms with Crippen molar-refractivity contribution in [3.05, 3.63) is 90.2 Å². The molecule has 0 amide bonds. The molecule has 2 aromatic heterocycles. The maximum absolute atomic E-state index is 13.8. The molecule has 0 fully saturated rings. The molecule has 0 spiro atoms. The van der Waals surface area contributed by atoms with E-state index in [1.165, 1.54) is 18.2 Å². The van der Waals surface area contributed by atoms with Gasteiger partial charge in [-0.3, -0.25) is 9.59 Å². The third-order valence-electron chi connectivity index (χ3n) is 4.21. The van der Waals surface area contributed by atoms with Gasteiger partial charge in [0.25, 0.3) is 12.0 Å². The lowest BCUT2D eigenvalue weighted by molar-refractivity contribution is 0.0696. The molecule has 0 saturated carbocycles. The van der Waals surface area contributed by atoms with Crippen LogP contribution in [0.4, 0.5) is 13.2 Å². The number of carbonyl (C=O) groups is 2. The molecule has 0 radical (unpaired) electrons. The first-order valence-electron chi connectivity index (χ1n) is 8.99. The fourth-order valence-electron chi connectivity index (χ4n) is 2.77. The Kier molecular flexibility index (Phi) is 7.18. The van der Waals surface area contributed by atoms with Crippen LogP contribution in [0.25, 0.3) is 0 Å². The molecular weight excluding hydrogens is 467 g/mol. The highest BCUT2D eigenvalue weighted by Crippen LogP contribution is 2.28. The second kappa shape index (κ2) is 9.85. The van der Waals surface area contributed by atoms with E-state index in [1.807, 2.05) is 0 Å². The highest BCUT2D eigenvalue weighted by molar-refractivity contribution is 7.18. The van der Waals surface area contributed by atoms with Crippen molar-refractivity contribution in [3.63, 3.8) is 0 Å². The fourth-order valence-corrected chi connectivity index (χ4v) is 3.90. The average molecular weight is 480 g/mol. The molecule has 0 aliphatic carbocycles. The van der Waals surface area contributed by atoms with E-state index >= 15 is 0 Å². The number of carboxylic acid groups (broad SMARTS) is 1. The summed E-state index contributed by atoms with van der Waals surface area (Å²) in [7, 11) is 0. The molecule has 5 nitrogen and oxygen atoms in total. The van der Waals surface area contributed by atoms with Crippen molar-refractivity contribution in [1.29, 1.82) is 0 Å². The SMILES string of the molecule is O=C(O)c1cccc(C#Cc2cc(C(=O)Cc3cc(F)c(=O)n(CC(F)F)c3)sc2Cl)c1. The number of thiophene rings is 1. The summed E-state index contributed by atoms with van der Waals surface area (Å²) in [5, 5.41) is 9.03. The van der Waals surface area contributed by atoms with E-state index in [0.717, 1.165) is 23.6 Å². The van der Waals surface area contributed by atoms with Gasteiger partial charge in [-0.05, 0) is 35.9 Å². The molecule has 164 valence electrons. The Morgan fingerprint density at radius 2 is 1.94 bits per heavy atom. The maximum atomic E-state index is 13.8. The van der Waals surface area contributed by atoms with E-state index in [9.17, 15) is 27.6 Å². The first kappa shape index (κ1) is 23.3. The van der Waals surface area contributed by atoms with Gasteiger partial charge in [-0.1, -0.05) is 29.5 Å². The van der Waals surface area contributed by atoms with Gasteiger partial charge in [0.2, 0.25) is 0 Å². The zero-order chi connectivity index (χ0) is 23.4. The van der Waals surface area contributed by atoms with E-state index in [2.05, 4.69) is 11.8 Å². The van der Waals surface area contributed by atoms with Crippen LogP contribution in [-0.2, 0) is 13.0 Å². The van der Waals surface area contributed by atoms with Crippen LogP contribution in [0.2, 0.25) is 4.34 Å². The number of aromatic nitrogens is 1. The number of hydrogen-bond acceptors (Lipinski definition) is 4. The summed E-state index contributed by atoms with van der Waals surface area (Å²) in [4.78, 5) is 35.4. The number of carboxylic acids is 1. The van der Waals surface area contributed by atoms with Crippen LogP contribution in [0.3, 0.4) is 0 Å². The highest BCUT2D eigenvalue weighted by Gasteiger charge is 2.16. The number of ketones is 1. The molecule has 0 saturated heterocycles. The molecule has 1 aromatic carbocycles. The molecule has 3 aromatic rings. The van der Waals surface area contributed by atoms with Crippen molar-refractivity contribution in [2.24, 2.45) is 0 Å². The third-order valence-corrected chi connectivity index (χ3v) is 5.61. The van der Waals surface area contributed by atoms with Crippen LogP contribution in [0, 0.1) is 17.7 Å². The van der Waals surface area contributed by atoms with Gasteiger partial charge in [0, 0.05) is 18.2 Å². The summed E-state index contributed by atoms with van der Waals surface area (Å²) in [6.45, 7) is -0.981. The number of hydrogen-bond donors (Lipinski definition) is 1. The second-order valence-corrected chi connectivity index (χ2v) is 8.23. The Labute approximate surface area is 188 Å². The van der Waals surface area contributed by atoms with Gasteiger partial charge >= 0.3 is 5.97 Å². The van der Waals surface area contributed by atoms with E-state index in [0.29, 0.717) is 15.7 Å². The maximum Gasteiger partial charge on any atom is 0.335 e. The average Bonchev–Trinajstić information content (AvgIpc) is 3.10. The number of aromatic carboxylic acids is 1. The molecule has 0 aliphatic heterocycles. The van der Waals surface area contributed by atoms with Crippen LogP contribution in [0.5, 0.6) is 0 Å². The van der Waals surface area contributed by atoms with Gasteiger partial charge < -0.3 is 9.67 Å². The van der Waals surface area contributed by atoms with Crippen LogP contribution < -0.4 is 5.56 Å². The Balaban J connectivity index is 1.82. The molecular formula is C22H13ClF3NO4S. The Bertz CT molecular complexity index is 1320. The van der Waals surface area contributed by atoms with Crippen molar-refractivity contribution in [2.75, 3.05) is 0 Å². The quantitative estimate of drug-likeness (QED) is 0.417. The minimum Gasteiger partial charge on any atom is -0.478 e. The zero-order valence-electron chi connectivity index (χ0n) is 16.1. The summed E-state index contributed by atoms with van der Waals surface area (Å²) in [6, 6.07) is 8.26. The van der Waals surface area contributed by atoms with E-state index < -0.39 is 36.1 Å². The first-order valence-corrected chi connectivity index (χ1v) is 10.2. The Morgan fingerprint density at radius 1 is 1.19 bits per heavy atom. The summed E-state index contributed by atoms with van der Waals surface area (Å²) >= 11 is 7.09. The minimum absolute atomic E-state index is 0.0652. The van der Waals surface area contributed by atoms with E-state index in [-0.39, 0.29) is 26.8 Å². The van der Waals surface area contributed by atoms with Gasteiger partial charge in [-0.25, -0.2) is 18.0 Å². The first-order chi connectivity index (χ1) is 15.1. The number of alkyl halides is 2. The molecule has 0 bridgehead atoms. The van der Waals surface area contributed by atoms with Crippen molar-refractivity contribution < 1.29 is 27.9 Å². The van der Waals surface area contributed by atoms with Crippen molar-refractivity contribution in [2.45, 2.75) is 19.4 Å². The summed E-state index contributed by atoms with van der Waals surface area (Å²) in [6.07, 6.45) is -2.16. The molecule has 10 heteroatoms. The molecule has 0 atom stereocenters. The topological polar surface area (TPSA) is 76.4 Å². The molecule has 32 heavy (non-hydrogen) atoms. The number of nitrogens with zero attached hydrogens (tertiary/aromatic N) is 1. The lowest BCUT2D eigenvalue weighted by Gasteiger charge is -2.08. The van der Waals surface area contributed by atoms with Gasteiger partial charge in [0.1, 0.15) is 4.34 Å². The van der Waals surface area contributed by atoms with Gasteiger partial charge in [0.05, 0.1) is 22.5 Å². The van der Waals surface area contributed by atoms with Crippen molar-refractivity contribution >= 4 is 34.7 Å². The molecule has 3 rings (SSSR count). The third kappa shape index (κ3) is 5.66. The summed E-state index contributed by atoms with van der Waals surface area (Å²) in [5.41, 5.74) is -0.267. The number of carbonyl (C=O) groups excluding carboxylic acids is 1. The lowest BCUT2D eigenvalue weighted by atomic mass is 10.1. The Morgan fingerprint density at radius 3 is 2.62 bits per heavy atom. The predicted octanol–water partition coefficient (Wildman–Crippen LogP) is 4.49. The normalized spacial score (nSPS) is 10.7. The van der Waals surface area contributed by atoms with Gasteiger partial charge in [0.15, 0.2) is 11.6 Å². The fraction of sp³-hybridized carbons (Fsp3) is 0.136. The highest BCUT2D eigenvalue weighted by atomic mass is 35.5. The largest absolute Gasteiger partial charge is 0.478 e. The van der Waals surface area contributed by atoms with Gasteiger partial charge in [-0.15, -0.1) is 11.3 Å². The molecule has 0 aliphatic rings. The number of halogens is 4. The number of pyridine rings is 1. The van der Waals surface area contributed by atoms with Gasteiger partial charge in [-0.2, -0.15) is 0 Å². The second-order valence-electron chi connectivity index (χ2n) is 6.58. The molecule has 1 N–H and O–H groups in total. The summed E-state index contributed by atoms with van der Waals surface area (Å²) in [5.74, 6) is 2.78. The van der Waals surface area contributed by atoms with Crippen LogP contribution in [0.15, 0.2) is 47.4 Å². The number of Topliss-reactive ketones (excluding diaryl/α,β-unsaturated/α-hetero) is 1. The van der Waals surface area contributed by atoms with E-state index in [4.69, 9.17) is 16.7 Å². The van der Waals surface area contributed by atoms with Crippen molar-refractivity contribution in [1.82, 2.24) is 4.57 Å². The number of benzene rings is 1. The smallest absolute Gasteiger partial charge is 0.335 e. The summed E-state index contributed by atoms with van der Waals surface area (Å²) < 4.78 is 39.7. The standard InChI is InChI=1S/C22H13ClF3NO4S/c23-20-14(5-4-12-2-1-3-15(6-12)22(30)31)9-18(32-20)17(28)8-13-7-16(24)21(29)27(10-13)11-19(25)26/h1-3,6-7,9-10,19H,8,11H2,(H,30,31).